The van der Waals surface area contributed by atoms with E-state index < -0.39 is 0 Å². The fourth-order valence-electron chi connectivity index (χ4n) is 1.06. The molecule has 0 aliphatic heterocycles. The van der Waals surface area contributed by atoms with E-state index in [4.69, 9.17) is 10.5 Å². The van der Waals surface area contributed by atoms with E-state index in [1.165, 1.54) is 0 Å². The Morgan fingerprint density at radius 1 is 0.917 bits per heavy atom. The van der Waals surface area contributed by atoms with Crippen molar-refractivity contribution in [2.24, 2.45) is 0 Å². The van der Waals surface area contributed by atoms with Gasteiger partial charge in [0.05, 0.1) is 12.1 Å². The van der Waals surface area contributed by atoms with Crippen LogP contribution < -0.4 is 10.9 Å². The molecule has 0 saturated heterocycles. The van der Waals surface area contributed by atoms with Crippen LogP contribution in [0.4, 0.5) is 0 Å². The average Bonchev–Trinajstić information content (AvgIpc) is 2.08. The Labute approximate surface area is 73.3 Å². The van der Waals surface area contributed by atoms with Gasteiger partial charge < -0.3 is 0 Å². The molecule has 0 radical (unpaired) electrons. The van der Waals surface area contributed by atoms with Crippen LogP contribution in [0.25, 0.3) is 0 Å². The molecule has 2 nitrogen and oxygen atoms in total. The van der Waals surface area contributed by atoms with Gasteiger partial charge in [0.15, 0.2) is 0 Å². The summed E-state index contributed by atoms with van der Waals surface area (Å²) in [4.78, 5) is 0. The third kappa shape index (κ3) is 1.33. The largest absolute Gasteiger partial charge is 0.192 e. The number of nitrogens with zero attached hydrogens (tertiary/aromatic N) is 2. The van der Waals surface area contributed by atoms with E-state index in [0.29, 0.717) is 11.1 Å². The second-order valence-corrected chi connectivity index (χ2v) is 2.71. The molecule has 1 aromatic rings. The summed E-state index contributed by atoms with van der Waals surface area (Å²) in [5.41, 5.74) is 3.01. The highest BCUT2D eigenvalue weighted by atomic mass is 14.3. The molecule has 0 aliphatic carbocycles. The van der Waals surface area contributed by atoms with Gasteiger partial charge in [-0.3, -0.25) is 0 Å². The van der Waals surface area contributed by atoms with E-state index in [1.807, 2.05) is 15.7 Å². The van der Waals surface area contributed by atoms with Gasteiger partial charge in [-0.2, -0.15) is 10.5 Å². The van der Waals surface area contributed by atoms with Crippen molar-refractivity contribution in [3.8, 4) is 12.1 Å². The predicted molar refractivity (Wildman–Crippen MR) is 52.2 cm³/mol. The molecule has 0 bridgehead atoms. The SMILES string of the molecule is Bc1cc(C#N)c(B)cc1C#N. The van der Waals surface area contributed by atoms with Crippen molar-refractivity contribution < 1.29 is 0 Å². The number of hydrogen-bond acceptors (Lipinski definition) is 2. The first-order valence-corrected chi connectivity index (χ1v) is 3.60. The third-order valence-electron chi connectivity index (χ3n) is 1.81. The highest BCUT2D eigenvalue weighted by Gasteiger charge is 2.01. The molecule has 1 aromatic carbocycles. The molecule has 12 heavy (non-hydrogen) atoms. The van der Waals surface area contributed by atoms with Crippen molar-refractivity contribution in [1.82, 2.24) is 0 Å². The lowest BCUT2D eigenvalue weighted by Crippen LogP contribution is -2.18. The lowest BCUT2D eigenvalue weighted by atomic mass is 9.82. The summed E-state index contributed by atoms with van der Waals surface area (Å²) in [6.45, 7) is 0. The first-order valence-electron chi connectivity index (χ1n) is 3.60. The zero-order valence-corrected chi connectivity index (χ0v) is 7.05. The highest BCUT2D eigenvalue weighted by molar-refractivity contribution is 6.37. The highest BCUT2D eigenvalue weighted by Crippen LogP contribution is 1.94. The van der Waals surface area contributed by atoms with Gasteiger partial charge >= 0.3 is 0 Å². The zero-order valence-electron chi connectivity index (χ0n) is 7.05. The Morgan fingerprint density at radius 2 is 1.25 bits per heavy atom. The van der Waals surface area contributed by atoms with Gasteiger partial charge in [0.2, 0.25) is 0 Å². The molecule has 4 heteroatoms. The average molecular weight is 152 g/mol. The topological polar surface area (TPSA) is 47.6 Å². The Balaban J connectivity index is 3.41. The van der Waals surface area contributed by atoms with Crippen molar-refractivity contribution in [1.29, 1.82) is 10.5 Å². The minimum absolute atomic E-state index is 0.645. The second kappa shape index (κ2) is 3.15. The molecule has 0 spiro atoms. The molecule has 0 aliphatic rings. The standard InChI is InChI=1S/C8H6B2N2/c9-7-1-5(3-11)8(10)2-6(7)4-12/h1-2H,9-10H2. The van der Waals surface area contributed by atoms with E-state index in [0.717, 1.165) is 10.9 Å². The van der Waals surface area contributed by atoms with Crippen molar-refractivity contribution in [3.05, 3.63) is 23.3 Å². The minimum atomic E-state index is 0.645. The van der Waals surface area contributed by atoms with Crippen LogP contribution in [0.3, 0.4) is 0 Å². The summed E-state index contributed by atoms with van der Waals surface area (Å²) in [6, 6.07) is 7.64. The minimum Gasteiger partial charge on any atom is -0.192 e. The molecular weight excluding hydrogens is 146 g/mol. The first-order chi connectivity index (χ1) is 5.69. The van der Waals surface area contributed by atoms with Gasteiger partial charge in [-0.25, -0.2) is 0 Å². The summed E-state index contributed by atoms with van der Waals surface area (Å²) >= 11 is 0. The van der Waals surface area contributed by atoms with Crippen molar-refractivity contribution in [2.75, 3.05) is 0 Å². The van der Waals surface area contributed by atoms with Gasteiger partial charge in [-0.05, 0) is 0 Å². The number of hydrogen-bond donors (Lipinski definition) is 0. The maximum atomic E-state index is 8.67. The summed E-state index contributed by atoms with van der Waals surface area (Å²) < 4.78 is 0. The smallest absolute Gasteiger partial charge is 0.141 e. The molecule has 0 heterocycles. The molecule has 0 aromatic heterocycles. The maximum Gasteiger partial charge on any atom is 0.141 e. The Morgan fingerprint density at radius 3 is 1.50 bits per heavy atom. The van der Waals surface area contributed by atoms with Gasteiger partial charge in [-0.1, -0.05) is 23.1 Å². The van der Waals surface area contributed by atoms with Gasteiger partial charge in [0, 0.05) is 11.1 Å². The van der Waals surface area contributed by atoms with Crippen LogP contribution in [0, 0.1) is 22.7 Å². The van der Waals surface area contributed by atoms with E-state index >= 15 is 0 Å². The van der Waals surface area contributed by atoms with Crippen LogP contribution in [0.15, 0.2) is 12.1 Å². The van der Waals surface area contributed by atoms with Crippen molar-refractivity contribution in [3.63, 3.8) is 0 Å². The molecule has 0 atom stereocenters. The van der Waals surface area contributed by atoms with Crippen LogP contribution in [0.2, 0.25) is 0 Å². The summed E-state index contributed by atoms with van der Waals surface area (Å²) in [7, 11) is 3.66. The normalized spacial score (nSPS) is 8.50. The molecule has 0 fully saturated rings. The predicted octanol–water partition coefficient (Wildman–Crippen LogP) is -2.05. The van der Waals surface area contributed by atoms with Crippen LogP contribution in [0.5, 0.6) is 0 Å². The molecule has 0 amide bonds. The van der Waals surface area contributed by atoms with E-state index in [1.54, 1.807) is 12.1 Å². The van der Waals surface area contributed by atoms with Crippen LogP contribution in [0.1, 0.15) is 11.1 Å². The van der Waals surface area contributed by atoms with Crippen molar-refractivity contribution >= 4 is 26.6 Å². The van der Waals surface area contributed by atoms with Gasteiger partial charge in [0.1, 0.15) is 15.7 Å². The fourth-order valence-corrected chi connectivity index (χ4v) is 1.06. The maximum absolute atomic E-state index is 8.67. The lowest BCUT2D eigenvalue weighted by Gasteiger charge is -2.00. The van der Waals surface area contributed by atoms with Crippen LogP contribution in [-0.4, -0.2) is 15.7 Å². The monoisotopic (exact) mass is 152 g/mol. The Hall–Kier alpha value is -1.67. The molecule has 0 saturated carbocycles. The fraction of sp³-hybridized carbons (Fsp3) is 0. The first kappa shape index (κ1) is 8.43. The Kier molecular flexibility index (Phi) is 2.21. The Bertz CT molecular complexity index is 359. The van der Waals surface area contributed by atoms with E-state index in [9.17, 15) is 0 Å². The number of benzene rings is 1. The van der Waals surface area contributed by atoms with E-state index in [-0.39, 0.29) is 0 Å². The van der Waals surface area contributed by atoms with Crippen molar-refractivity contribution in [2.45, 2.75) is 0 Å². The molecule has 1 rings (SSSR count). The summed E-state index contributed by atoms with van der Waals surface area (Å²) in [5, 5.41) is 17.3. The van der Waals surface area contributed by atoms with Gasteiger partial charge in [-0.15, -0.1) is 0 Å². The quantitative estimate of drug-likeness (QED) is 0.401. The molecular formula is C8H6B2N2. The zero-order chi connectivity index (χ0) is 9.14. The van der Waals surface area contributed by atoms with Crippen LogP contribution >= 0.6 is 0 Å². The molecule has 0 unspecified atom stereocenters. The number of rotatable bonds is 0. The van der Waals surface area contributed by atoms with Gasteiger partial charge in [0.25, 0.3) is 0 Å². The lowest BCUT2D eigenvalue weighted by molar-refractivity contribution is 1.48. The summed E-state index contributed by atoms with van der Waals surface area (Å²) in [5.74, 6) is 0. The molecule has 54 valence electrons. The van der Waals surface area contributed by atoms with Crippen LogP contribution in [-0.2, 0) is 0 Å². The van der Waals surface area contributed by atoms with E-state index in [2.05, 4.69) is 12.1 Å². The molecule has 0 N–H and O–H groups in total. The number of nitriles is 2. The third-order valence-corrected chi connectivity index (χ3v) is 1.81. The summed E-state index contributed by atoms with van der Waals surface area (Å²) in [6.07, 6.45) is 0. The second-order valence-electron chi connectivity index (χ2n) is 2.71.